The average molecular weight is 390 g/mol. The highest BCUT2D eigenvalue weighted by atomic mass is 32.1. The Labute approximate surface area is 164 Å². The van der Waals surface area contributed by atoms with Crippen molar-refractivity contribution in [1.29, 1.82) is 0 Å². The highest BCUT2D eigenvalue weighted by molar-refractivity contribution is 7.19. The molecule has 0 radical (unpaired) electrons. The molecule has 0 fully saturated rings. The Morgan fingerprint density at radius 3 is 2.93 bits per heavy atom. The Morgan fingerprint density at radius 1 is 1.25 bits per heavy atom. The molecule has 0 aromatic carbocycles. The molecule has 1 aliphatic rings. The molecule has 7 nitrogen and oxygen atoms in total. The van der Waals surface area contributed by atoms with Gasteiger partial charge < -0.3 is 4.57 Å². The molecule has 5 rings (SSSR count). The first-order valence-electron chi connectivity index (χ1n) is 9.06. The lowest BCUT2D eigenvalue weighted by Crippen LogP contribution is -2.25. The van der Waals surface area contributed by atoms with Gasteiger partial charge in [-0.25, -0.2) is 9.67 Å². The van der Waals surface area contributed by atoms with E-state index in [0.717, 1.165) is 50.8 Å². The van der Waals surface area contributed by atoms with Crippen molar-refractivity contribution in [2.24, 2.45) is 12.0 Å². The zero-order valence-electron chi connectivity index (χ0n) is 15.6. The van der Waals surface area contributed by atoms with Crippen LogP contribution in [0.3, 0.4) is 0 Å². The van der Waals surface area contributed by atoms with E-state index in [1.165, 1.54) is 4.68 Å². The Balaban J connectivity index is 1.58. The first-order chi connectivity index (χ1) is 13.6. The SMILES string of the molecule is Cc1cccc(Cn2ncc3c4sc(CC5=NCC=C5)nc4n(C)c3c2=O)n1. The second-order valence-electron chi connectivity index (χ2n) is 6.87. The zero-order valence-corrected chi connectivity index (χ0v) is 16.4. The molecule has 0 bridgehead atoms. The number of nitrogens with zero attached hydrogens (tertiary/aromatic N) is 6. The van der Waals surface area contributed by atoms with Crippen LogP contribution in [0, 0.1) is 6.92 Å². The van der Waals surface area contributed by atoms with Crippen LogP contribution in [0.15, 0.2) is 46.3 Å². The summed E-state index contributed by atoms with van der Waals surface area (Å²) in [6.45, 7) is 3.03. The number of hydrogen-bond donors (Lipinski definition) is 0. The third-order valence-electron chi connectivity index (χ3n) is 4.87. The van der Waals surface area contributed by atoms with Crippen molar-refractivity contribution in [1.82, 2.24) is 24.3 Å². The standard InChI is InChI=1S/C20H18N6OS/c1-12-5-3-6-14(23-12)11-26-20(27)17-15(10-22-26)18-19(25(17)2)24-16(28-18)9-13-7-4-8-21-13/h3-7,10H,8-9,11H2,1-2H3. The summed E-state index contributed by atoms with van der Waals surface area (Å²) >= 11 is 1.61. The number of rotatable bonds is 4. The van der Waals surface area contributed by atoms with Gasteiger partial charge in [0, 0.05) is 30.3 Å². The predicted octanol–water partition coefficient (Wildman–Crippen LogP) is 2.65. The minimum Gasteiger partial charge on any atom is -0.323 e. The van der Waals surface area contributed by atoms with Gasteiger partial charge in [0.2, 0.25) is 0 Å². The van der Waals surface area contributed by atoms with Crippen LogP contribution in [0.25, 0.3) is 21.3 Å². The Bertz CT molecular complexity index is 1340. The summed E-state index contributed by atoms with van der Waals surface area (Å²) in [5.41, 5.74) is 4.11. The molecule has 5 heterocycles. The first-order valence-corrected chi connectivity index (χ1v) is 9.88. The van der Waals surface area contributed by atoms with E-state index < -0.39 is 0 Å². The van der Waals surface area contributed by atoms with Crippen molar-refractivity contribution < 1.29 is 0 Å². The van der Waals surface area contributed by atoms with Crippen LogP contribution in [-0.4, -0.2) is 36.6 Å². The molecule has 1 aliphatic heterocycles. The van der Waals surface area contributed by atoms with E-state index in [-0.39, 0.29) is 5.56 Å². The van der Waals surface area contributed by atoms with Crippen molar-refractivity contribution in [2.45, 2.75) is 19.9 Å². The summed E-state index contributed by atoms with van der Waals surface area (Å²) < 4.78 is 4.34. The largest absolute Gasteiger partial charge is 0.323 e. The third kappa shape index (κ3) is 2.77. The van der Waals surface area contributed by atoms with Gasteiger partial charge in [-0.2, -0.15) is 5.10 Å². The normalized spacial score (nSPS) is 13.7. The van der Waals surface area contributed by atoms with E-state index in [2.05, 4.69) is 15.1 Å². The lowest BCUT2D eigenvalue weighted by atomic mass is 10.3. The molecule has 0 unspecified atom stereocenters. The molecule has 0 N–H and O–H groups in total. The van der Waals surface area contributed by atoms with Gasteiger partial charge in [0.1, 0.15) is 10.5 Å². The summed E-state index contributed by atoms with van der Waals surface area (Å²) in [6, 6.07) is 5.78. The fourth-order valence-corrected chi connectivity index (χ4v) is 4.66. The van der Waals surface area contributed by atoms with E-state index in [4.69, 9.17) is 4.98 Å². The number of pyridine rings is 1. The maximum atomic E-state index is 13.1. The molecule has 140 valence electrons. The molecular formula is C20H18N6OS. The topological polar surface area (TPSA) is 78.0 Å². The number of aryl methyl sites for hydroxylation is 2. The zero-order chi connectivity index (χ0) is 19.3. The van der Waals surface area contributed by atoms with Crippen molar-refractivity contribution in [3.63, 3.8) is 0 Å². The van der Waals surface area contributed by atoms with E-state index in [1.807, 2.05) is 48.9 Å². The number of thiazole rings is 1. The molecule has 0 aliphatic carbocycles. The fraction of sp³-hybridized carbons (Fsp3) is 0.250. The van der Waals surface area contributed by atoms with E-state index in [0.29, 0.717) is 12.1 Å². The van der Waals surface area contributed by atoms with E-state index >= 15 is 0 Å². The van der Waals surface area contributed by atoms with Crippen molar-refractivity contribution in [3.8, 4) is 0 Å². The molecule has 4 aromatic heterocycles. The van der Waals surface area contributed by atoms with Crippen molar-refractivity contribution in [3.05, 3.63) is 63.3 Å². The van der Waals surface area contributed by atoms with Crippen LogP contribution < -0.4 is 5.56 Å². The van der Waals surface area contributed by atoms with E-state index in [1.54, 1.807) is 17.5 Å². The van der Waals surface area contributed by atoms with Crippen molar-refractivity contribution >= 4 is 38.3 Å². The quantitative estimate of drug-likeness (QED) is 0.537. The number of hydrogen-bond acceptors (Lipinski definition) is 6. The Morgan fingerprint density at radius 2 is 2.14 bits per heavy atom. The molecule has 0 saturated carbocycles. The minimum atomic E-state index is -0.127. The monoisotopic (exact) mass is 390 g/mol. The molecule has 28 heavy (non-hydrogen) atoms. The first kappa shape index (κ1) is 17.0. The molecule has 0 amide bonds. The van der Waals surface area contributed by atoms with Crippen LogP contribution in [-0.2, 0) is 20.0 Å². The van der Waals surface area contributed by atoms with Gasteiger partial charge >= 0.3 is 0 Å². The predicted molar refractivity (Wildman–Crippen MR) is 111 cm³/mol. The summed E-state index contributed by atoms with van der Waals surface area (Å²) in [5, 5.41) is 6.25. The maximum Gasteiger partial charge on any atom is 0.291 e. The molecule has 0 saturated heterocycles. The smallest absolute Gasteiger partial charge is 0.291 e. The van der Waals surface area contributed by atoms with Gasteiger partial charge in [-0.1, -0.05) is 12.1 Å². The summed E-state index contributed by atoms with van der Waals surface area (Å²) in [7, 11) is 1.89. The molecule has 0 spiro atoms. The molecule has 0 atom stereocenters. The average Bonchev–Trinajstić information content (AvgIpc) is 3.37. The Hall–Kier alpha value is -3.13. The van der Waals surface area contributed by atoms with Gasteiger partial charge in [-0.3, -0.25) is 14.8 Å². The molecular weight excluding hydrogens is 372 g/mol. The Kier molecular flexibility index (Phi) is 3.94. The fourth-order valence-electron chi connectivity index (χ4n) is 3.54. The van der Waals surface area contributed by atoms with Gasteiger partial charge in [-0.15, -0.1) is 11.3 Å². The van der Waals surface area contributed by atoms with Crippen LogP contribution in [0.4, 0.5) is 0 Å². The summed E-state index contributed by atoms with van der Waals surface area (Å²) in [6.07, 6.45) is 6.59. The highest BCUT2D eigenvalue weighted by Crippen LogP contribution is 2.31. The highest BCUT2D eigenvalue weighted by Gasteiger charge is 2.19. The molecule has 4 aromatic rings. The van der Waals surface area contributed by atoms with Crippen molar-refractivity contribution in [2.75, 3.05) is 6.54 Å². The van der Waals surface area contributed by atoms with Crippen LogP contribution >= 0.6 is 11.3 Å². The lowest BCUT2D eigenvalue weighted by Gasteiger charge is -2.06. The summed E-state index contributed by atoms with van der Waals surface area (Å²) in [4.78, 5) is 26.7. The lowest BCUT2D eigenvalue weighted by molar-refractivity contribution is 0.631. The maximum absolute atomic E-state index is 13.1. The van der Waals surface area contributed by atoms with Gasteiger partial charge in [0.05, 0.1) is 29.7 Å². The van der Waals surface area contributed by atoms with Crippen LogP contribution in [0.5, 0.6) is 0 Å². The second kappa shape index (κ2) is 6.49. The van der Waals surface area contributed by atoms with Crippen LogP contribution in [0.2, 0.25) is 0 Å². The minimum absolute atomic E-state index is 0.127. The number of aliphatic imine (C=N–C) groups is 1. The number of allylic oxidation sites excluding steroid dienone is 1. The number of fused-ring (bicyclic) bond motifs is 3. The second-order valence-corrected chi connectivity index (χ2v) is 7.95. The van der Waals surface area contributed by atoms with Crippen LogP contribution in [0.1, 0.15) is 16.4 Å². The summed E-state index contributed by atoms with van der Waals surface area (Å²) in [5.74, 6) is 0. The van der Waals surface area contributed by atoms with Gasteiger partial charge in [-0.05, 0) is 25.1 Å². The third-order valence-corrected chi connectivity index (χ3v) is 5.95. The van der Waals surface area contributed by atoms with Gasteiger partial charge in [0.15, 0.2) is 5.65 Å². The van der Waals surface area contributed by atoms with Gasteiger partial charge in [0.25, 0.3) is 5.56 Å². The number of aromatic nitrogens is 5. The molecule has 8 heteroatoms. The van der Waals surface area contributed by atoms with E-state index in [9.17, 15) is 4.79 Å².